The van der Waals surface area contributed by atoms with Crippen LogP contribution in [-0.4, -0.2) is 42.3 Å². The largest absolute Gasteiger partial charge is 0.392 e. The van der Waals surface area contributed by atoms with Crippen LogP contribution in [0, 0.1) is 0 Å². The number of rotatable bonds is 4. The van der Waals surface area contributed by atoms with Gasteiger partial charge in [0.1, 0.15) is 0 Å². The van der Waals surface area contributed by atoms with E-state index in [-0.39, 0.29) is 6.04 Å². The van der Waals surface area contributed by atoms with Crippen LogP contribution in [0.15, 0.2) is 29.2 Å². The minimum atomic E-state index is 0.0676. The summed E-state index contributed by atoms with van der Waals surface area (Å²) in [6.45, 7) is 3.99. The summed E-state index contributed by atoms with van der Waals surface area (Å²) in [5.74, 6) is 0. The molecule has 1 fully saturated rings. The molecule has 1 aliphatic rings. The SMILES string of the molecule is CSc1ccc(C(C(N)=S)N2CCNCC2)cc1. The highest BCUT2D eigenvalue weighted by Crippen LogP contribution is 2.24. The van der Waals surface area contributed by atoms with Gasteiger partial charge in [0.05, 0.1) is 11.0 Å². The molecule has 0 bridgehead atoms. The molecule has 1 unspecified atom stereocenters. The fourth-order valence-electron chi connectivity index (χ4n) is 2.28. The van der Waals surface area contributed by atoms with E-state index in [1.54, 1.807) is 11.8 Å². The Morgan fingerprint density at radius 3 is 2.44 bits per heavy atom. The molecular weight excluding hydrogens is 262 g/mol. The summed E-state index contributed by atoms with van der Waals surface area (Å²) in [5, 5.41) is 3.35. The maximum absolute atomic E-state index is 5.93. The molecule has 5 heteroatoms. The van der Waals surface area contributed by atoms with Crippen molar-refractivity contribution in [2.45, 2.75) is 10.9 Å². The van der Waals surface area contributed by atoms with E-state index in [2.05, 4.69) is 40.7 Å². The van der Waals surface area contributed by atoms with Gasteiger partial charge in [-0.05, 0) is 24.0 Å². The van der Waals surface area contributed by atoms with Crippen LogP contribution < -0.4 is 11.1 Å². The molecular formula is C13H19N3S2. The zero-order valence-electron chi connectivity index (χ0n) is 10.6. The minimum absolute atomic E-state index is 0.0676. The van der Waals surface area contributed by atoms with Crippen LogP contribution >= 0.6 is 24.0 Å². The van der Waals surface area contributed by atoms with E-state index in [0.717, 1.165) is 26.2 Å². The fourth-order valence-corrected chi connectivity index (χ4v) is 2.97. The lowest BCUT2D eigenvalue weighted by molar-refractivity contribution is 0.215. The van der Waals surface area contributed by atoms with E-state index >= 15 is 0 Å². The van der Waals surface area contributed by atoms with E-state index in [0.29, 0.717) is 4.99 Å². The second-order valence-electron chi connectivity index (χ2n) is 4.36. The highest BCUT2D eigenvalue weighted by atomic mass is 32.2. The molecule has 18 heavy (non-hydrogen) atoms. The zero-order chi connectivity index (χ0) is 13.0. The second kappa shape index (κ2) is 6.52. The molecule has 98 valence electrons. The number of nitrogens with two attached hydrogens (primary N) is 1. The third kappa shape index (κ3) is 3.23. The van der Waals surface area contributed by atoms with Gasteiger partial charge in [-0.2, -0.15) is 0 Å². The number of hydrogen-bond donors (Lipinski definition) is 2. The van der Waals surface area contributed by atoms with Crippen molar-refractivity contribution in [1.82, 2.24) is 10.2 Å². The van der Waals surface area contributed by atoms with Gasteiger partial charge < -0.3 is 11.1 Å². The Labute approximate surface area is 118 Å². The highest BCUT2D eigenvalue weighted by Gasteiger charge is 2.24. The topological polar surface area (TPSA) is 41.3 Å². The van der Waals surface area contributed by atoms with Gasteiger partial charge >= 0.3 is 0 Å². The molecule has 0 saturated carbocycles. The molecule has 0 amide bonds. The van der Waals surface area contributed by atoms with Crippen LogP contribution in [0.4, 0.5) is 0 Å². The number of thioether (sulfide) groups is 1. The molecule has 1 heterocycles. The molecule has 0 aliphatic carbocycles. The van der Waals surface area contributed by atoms with Crippen molar-refractivity contribution in [3.63, 3.8) is 0 Å². The van der Waals surface area contributed by atoms with Gasteiger partial charge in [-0.1, -0.05) is 24.4 Å². The number of nitrogens with one attached hydrogen (secondary N) is 1. The molecule has 0 spiro atoms. The fraction of sp³-hybridized carbons (Fsp3) is 0.462. The van der Waals surface area contributed by atoms with Crippen molar-refractivity contribution in [2.75, 3.05) is 32.4 Å². The molecule has 2 rings (SSSR count). The molecule has 1 aromatic rings. The number of thiocarbonyl (C=S) groups is 1. The second-order valence-corrected chi connectivity index (χ2v) is 5.72. The summed E-state index contributed by atoms with van der Waals surface area (Å²) >= 11 is 7.00. The van der Waals surface area contributed by atoms with Crippen LogP contribution in [0.2, 0.25) is 0 Å². The van der Waals surface area contributed by atoms with Crippen molar-refractivity contribution < 1.29 is 0 Å². The summed E-state index contributed by atoms with van der Waals surface area (Å²) in [6.07, 6.45) is 2.08. The molecule has 3 N–H and O–H groups in total. The zero-order valence-corrected chi connectivity index (χ0v) is 12.2. The third-order valence-electron chi connectivity index (χ3n) is 3.22. The van der Waals surface area contributed by atoms with Gasteiger partial charge in [0.2, 0.25) is 0 Å². The quantitative estimate of drug-likeness (QED) is 0.649. The Balaban J connectivity index is 2.20. The predicted molar refractivity (Wildman–Crippen MR) is 82.2 cm³/mol. The van der Waals surface area contributed by atoms with Gasteiger partial charge in [0.15, 0.2) is 0 Å². The summed E-state index contributed by atoms with van der Waals surface area (Å²) in [7, 11) is 0. The molecule has 1 aromatic carbocycles. The van der Waals surface area contributed by atoms with Crippen molar-refractivity contribution >= 4 is 29.0 Å². The van der Waals surface area contributed by atoms with E-state index < -0.39 is 0 Å². The van der Waals surface area contributed by atoms with E-state index in [4.69, 9.17) is 18.0 Å². The summed E-state index contributed by atoms with van der Waals surface area (Å²) < 4.78 is 0. The number of hydrogen-bond acceptors (Lipinski definition) is 4. The first-order valence-corrected chi connectivity index (χ1v) is 7.73. The average molecular weight is 281 g/mol. The lowest BCUT2D eigenvalue weighted by Gasteiger charge is -2.34. The minimum Gasteiger partial charge on any atom is -0.392 e. The summed E-state index contributed by atoms with van der Waals surface area (Å²) in [4.78, 5) is 4.18. The molecule has 1 atom stereocenters. The Morgan fingerprint density at radius 1 is 1.33 bits per heavy atom. The van der Waals surface area contributed by atoms with Crippen molar-refractivity contribution in [3.8, 4) is 0 Å². The molecule has 1 aliphatic heterocycles. The smallest absolute Gasteiger partial charge is 0.0948 e. The van der Waals surface area contributed by atoms with Crippen molar-refractivity contribution in [2.24, 2.45) is 5.73 Å². The molecule has 0 aromatic heterocycles. The Morgan fingerprint density at radius 2 is 1.94 bits per heavy atom. The number of benzene rings is 1. The van der Waals surface area contributed by atoms with E-state index in [9.17, 15) is 0 Å². The molecule has 0 radical (unpaired) electrons. The van der Waals surface area contributed by atoms with Crippen molar-refractivity contribution in [3.05, 3.63) is 29.8 Å². The van der Waals surface area contributed by atoms with Crippen LogP contribution in [0.25, 0.3) is 0 Å². The summed E-state index contributed by atoms with van der Waals surface area (Å²) in [6, 6.07) is 8.61. The Bertz CT molecular complexity index is 399. The maximum atomic E-state index is 5.93. The van der Waals surface area contributed by atoms with Gasteiger partial charge in [0, 0.05) is 31.1 Å². The van der Waals surface area contributed by atoms with Crippen LogP contribution in [0.5, 0.6) is 0 Å². The van der Waals surface area contributed by atoms with Gasteiger partial charge in [-0.25, -0.2) is 0 Å². The first-order chi connectivity index (χ1) is 8.72. The Kier molecular flexibility index (Phi) is 5.00. The monoisotopic (exact) mass is 281 g/mol. The molecule has 1 saturated heterocycles. The number of piperazine rings is 1. The first kappa shape index (κ1) is 13.8. The number of nitrogens with zero attached hydrogens (tertiary/aromatic N) is 1. The van der Waals surface area contributed by atoms with E-state index in [1.165, 1.54) is 10.5 Å². The van der Waals surface area contributed by atoms with Crippen LogP contribution in [0.1, 0.15) is 11.6 Å². The van der Waals surface area contributed by atoms with Gasteiger partial charge in [-0.3, -0.25) is 4.90 Å². The van der Waals surface area contributed by atoms with Crippen molar-refractivity contribution in [1.29, 1.82) is 0 Å². The lowest BCUT2D eigenvalue weighted by Crippen LogP contribution is -2.48. The first-order valence-electron chi connectivity index (χ1n) is 6.10. The third-order valence-corrected chi connectivity index (χ3v) is 4.18. The highest BCUT2D eigenvalue weighted by molar-refractivity contribution is 7.98. The van der Waals surface area contributed by atoms with E-state index in [1.807, 2.05) is 0 Å². The predicted octanol–water partition coefficient (Wildman–Crippen LogP) is 1.64. The van der Waals surface area contributed by atoms with Gasteiger partial charge in [0.25, 0.3) is 0 Å². The van der Waals surface area contributed by atoms with Crippen LogP contribution in [-0.2, 0) is 0 Å². The standard InChI is InChI=1S/C13H19N3S2/c1-18-11-4-2-10(3-5-11)12(13(14)17)16-8-6-15-7-9-16/h2-5,12,15H,6-9H2,1H3,(H2,14,17). The lowest BCUT2D eigenvalue weighted by atomic mass is 10.0. The normalized spacial score (nSPS) is 18.5. The summed E-state index contributed by atoms with van der Waals surface area (Å²) in [5.41, 5.74) is 7.13. The molecule has 3 nitrogen and oxygen atoms in total. The maximum Gasteiger partial charge on any atom is 0.0948 e. The Hall–Kier alpha value is -0.620. The van der Waals surface area contributed by atoms with Gasteiger partial charge in [-0.15, -0.1) is 11.8 Å². The average Bonchev–Trinajstić information content (AvgIpc) is 2.40. The van der Waals surface area contributed by atoms with Crippen LogP contribution in [0.3, 0.4) is 0 Å².